The molecule has 0 spiro atoms. The smallest absolute Gasteiger partial charge is 0.143 e. The summed E-state index contributed by atoms with van der Waals surface area (Å²) in [6.07, 6.45) is 3.48. The van der Waals surface area contributed by atoms with Gasteiger partial charge in [0.25, 0.3) is 0 Å². The fourth-order valence-electron chi connectivity index (χ4n) is 2.20. The van der Waals surface area contributed by atoms with Crippen molar-refractivity contribution in [2.45, 2.75) is 6.54 Å². The van der Waals surface area contributed by atoms with Crippen LogP contribution in [0.3, 0.4) is 0 Å². The molecule has 0 atom stereocenters. The van der Waals surface area contributed by atoms with E-state index in [4.69, 9.17) is 5.26 Å². The highest BCUT2D eigenvalue weighted by Crippen LogP contribution is 2.21. The Morgan fingerprint density at radius 1 is 1.10 bits per heavy atom. The molecule has 1 aromatic heterocycles. The van der Waals surface area contributed by atoms with E-state index >= 15 is 0 Å². The average molecular weight is 277 g/mol. The van der Waals surface area contributed by atoms with Crippen molar-refractivity contribution >= 4 is 0 Å². The van der Waals surface area contributed by atoms with E-state index in [1.165, 1.54) is 6.07 Å². The van der Waals surface area contributed by atoms with Gasteiger partial charge in [-0.3, -0.25) is 0 Å². The monoisotopic (exact) mass is 277 g/mol. The Labute approximate surface area is 121 Å². The predicted molar refractivity (Wildman–Crippen MR) is 77.9 cm³/mol. The second-order valence-corrected chi connectivity index (χ2v) is 4.67. The molecule has 21 heavy (non-hydrogen) atoms. The van der Waals surface area contributed by atoms with Crippen LogP contribution < -0.4 is 0 Å². The lowest BCUT2D eigenvalue weighted by atomic mass is 10.1. The van der Waals surface area contributed by atoms with Gasteiger partial charge in [-0.2, -0.15) is 5.26 Å². The number of nitriles is 1. The summed E-state index contributed by atoms with van der Waals surface area (Å²) in [6.45, 7) is 0.579. The second-order valence-electron chi connectivity index (χ2n) is 4.67. The van der Waals surface area contributed by atoms with Gasteiger partial charge in [-0.15, -0.1) is 0 Å². The highest BCUT2D eigenvalue weighted by molar-refractivity contribution is 5.56. The lowest BCUT2D eigenvalue weighted by Gasteiger charge is -2.09. The molecule has 0 N–H and O–H groups in total. The number of nitrogens with zero attached hydrogens (tertiary/aromatic N) is 3. The molecule has 0 bridgehead atoms. The van der Waals surface area contributed by atoms with Crippen LogP contribution in [0.2, 0.25) is 0 Å². The van der Waals surface area contributed by atoms with E-state index in [0.29, 0.717) is 23.5 Å². The van der Waals surface area contributed by atoms with Gasteiger partial charge in [0, 0.05) is 18.9 Å². The number of aromatic nitrogens is 2. The summed E-state index contributed by atoms with van der Waals surface area (Å²) in [4.78, 5) is 4.25. The molecule has 3 aromatic rings. The van der Waals surface area contributed by atoms with Crippen molar-refractivity contribution in [1.82, 2.24) is 9.55 Å². The van der Waals surface area contributed by atoms with Crippen LogP contribution in [0.15, 0.2) is 60.9 Å². The topological polar surface area (TPSA) is 41.6 Å². The fraction of sp³-hybridized carbons (Fsp3) is 0.0588. The first-order valence-corrected chi connectivity index (χ1v) is 6.53. The summed E-state index contributed by atoms with van der Waals surface area (Å²) in [5.41, 5.74) is 2.14. The highest BCUT2D eigenvalue weighted by atomic mass is 19.1. The maximum atomic E-state index is 13.9. The van der Waals surface area contributed by atoms with E-state index in [0.717, 1.165) is 5.56 Å². The molecular formula is C17H12FN3. The van der Waals surface area contributed by atoms with Gasteiger partial charge in [-0.1, -0.05) is 24.3 Å². The number of rotatable bonds is 3. The van der Waals surface area contributed by atoms with E-state index in [1.54, 1.807) is 36.5 Å². The van der Waals surface area contributed by atoms with Gasteiger partial charge in [-0.05, 0) is 29.8 Å². The third kappa shape index (κ3) is 2.67. The largest absolute Gasteiger partial charge is 0.326 e. The summed E-state index contributed by atoms with van der Waals surface area (Å²) in [5.74, 6) is 0.308. The Morgan fingerprint density at radius 3 is 2.57 bits per heavy atom. The molecule has 3 nitrogen and oxygen atoms in total. The summed E-state index contributed by atoms with van der Waals surface area (Å²) in [5, 5.41) is 8.80. The first kappa shape index (κ1) is 13.1. The van der Waals surface area contributed by atoms with Gasteiger partial charge in [0.05, 0.1) is 17.2 Å². The summed E-state index contributed by atoms with van der Waals surface area (Å²) < 4.78 is 15.8. The molecule has 0 saturated heterocycles. The summed E-state index contributed by atoms with van der Waals surface area (Å²) >= 11 is 0. The highest BCUT2D eigenvalue weighted by Gasteiger charge is 2.10. The predicted octanol–water partition coefficient (Wildman–Crippen LogP) is 3.61. The quantitative estimate of drug-likeness (QED) is 0.734. The summed E-state index contributed by atoms with van der Waals surface area (Å²) in [7, 11) is 0. The van der Waals surface area contributed by atoms with Crippen molar-refractivity contribution in [3.8, 4) is 17.5 Å². The zero-order valence-electron chi connectivity index (χ0n) is 11.2. The van der Waals surface area contributed by atoms with Crippen molar-refractivity contribution < 1.29 is 4.39 Å². The van der Waals surface area contributed by atoms with Crippen LogP contribution >= 0.6 is 0 Å². The molecule has 0 radical (unpaired) electrons. The average Bonchev–Trinajstić information content (AvgIpc) is 2.96. The zero-order chi connectivity index (χ0) is 14.7. The summed E-state index contributed by atoms with van der Waals surface area (Å²) in [6, 6.07) is 16.0. The second kappa shape index (κ2) is 5.59. The molecule has 102 valence electrons. The molecular weight excluding hydrogens is 265 g/mol. The number of hydrogen-bond donors (Lipinski definition) is 0. The van der Waals surface area contributed by atoms with Gasteiger partial charge >= 0.3 is 0 Å². The van der Waals surface area contributed by atoms with E-state index in [2.05, 4.69) is 11.1 Å². The molecule has 0 aliphatic carbocycles. The van der Waals surface area contributed by atoms with Crippen LogP contribution in [-0.4, -0.2) is 9.55 Å². The van der Waals surface area contributed by atoms with Crippen LogP contribution in [0.4, 0.5) is 4.39 Å². The Balaban J connectivity index is 1.92. The van der Waals surface area contributed by atoms with Gasteiger partial charge in [-0.25, -0.2) is 9.37 Å². The molecule has 0 aliphatic heterocycles. The standard InChI is InChI=1S/C17H12FN3/c18-16-4-2-1-3-15(16)17-20-9-10-21(17)12-14-7-5-13(11-19)6-8-14/h1-10H,12H2. The van der Waals surface area contributed by atoms with Crippen LogP contribution in [0.25, 0.3) is 11.4 Å². The van der Waals surface area contributed by atoms with Crippen molar-refractivity contribution in [2.24, 2.45) is 0 Å². The van der Waals surface area contributed by atoms with E-state index in [-0.39, 0.29) is 5.82 Å². The fourth-order valence-corrected chi connectivity index (χ4v) is 2.20. The minimum atomic E-state index is -0.287. The normalized spacial score (nSPS) is 10.3. The Kier molecular flexibility index (Phi) is 3.48. The van der Waals surface area contributed by atoms with Gasteiger partial charge in [0.15, 0.2) is 0 Å². The Morgan fingerprint density at radius 2 is 1.86 bits per heavy atom. The van der Waals surface area contributed by atoms with Crippen LogP contribution in [0.1, 0.15) is 11.1 Å². The molecule has 0 saturated carbocycles. The van der Waals surface area contributed by atoms with Gasteiger partial charge in [0.2, 0.25) is 0 Å². The van der Waals surface area contributed by atoms with Crippen molar-refractivity contribution in [3.05, 3.63) is 77.9 Å². The molecule has 0 amide bonds. The van der Waals surface area contributed by atoms with Crippen LogP contribution in [0, 0.1) is 17.1 Å². The molecule has 2 aromatic carbocycles. The lowest BCUT2D eigenvalue weighted by Crippen LogP contribution is -2.02. The van der Waals surface area contributed by atoms with E-state index in [9.17, 15) is 4.39 Å². The number of halogens is 1. The Hall–Kier alpha value is -2.93. The first-order chi connectivity index (χ1) is 10.3. The molecule has 0 aliphatic rings. The van der Waals surface area contributed by atoms with Crippen LogP contribution in [0.5, 0.6) is 0 Å². The third-order valence-corrected chi connectivity index (χ3v) is 3.27. The van der Waals surface area contributed by atoms with Crippen molar-refractivity contribution in [2.75, 3.05) is 0 Å². The minimum Gasteiger partial charge on any atom is -0.326 e. The zero-order valence-corrected chi connectivity index (χ0v) is 11.2. The SMILES string of the molecule is N#Cc1ccc(Cn2ccnc2-c2ccccc2F)cc1. The van der Waals surface area contributed by atoms with Crippen LogP contribution in [-0.2, 0) is 6.54 Å². The molecule has 4 heteroatoms. The number of benzene rings is 2. The van der Waals surface area contributed by atoms with E-state index in [1.807, 2.05) is 22.9 Å². The third-order valence-electron chi connectivity index (χ3n) is 3.27. The molecule has 1 heterocycles. The van der Waals surface area contributed by atoms with Gasteiger partial charge < -0.3 is 4.57 Å². The minimum absolute atomic E-state index is 0.287. The molecule has 0 unspecified atom stereocenters. The maximum Gasteiger partial charge on any atom is 0.143 e. The van der Waals surface area contributed by atoms with E-state index < -0.39 is 0 Å². The van der Waals surface area contributed by atoms with Gasteiger partial charge in [0.1, 0.15) is 11.6 Å². The van der Waals surface area contributed by atoms with Crippen molar-refractivity contribution in [1.29, 1.82) is 5.26 Å². The lowest BCUT2D eigenvalue weighted by molar-refractivity contribution is 0.628. The van der Waals surface area contributed by atoms with Crippen molar-refractivity contribution in [3.63, 3.8) is 0 Å². The molecule has 0 fully saturated rings. The first-order valence-electron chi connectivity index (χ1n) is 6.53. The number of hydrogen-bond acceptors (Lipinski definition) is 2. The molecule has 3 rings (SSSR count). The number of imidazole rings is 1. The maximum absolute atomic E-state index is 13.9. The Bertz CT molecular complexity index is 797.